The molecular formula is C20H16ClFN2O3. The van der Waals surface area contributed by atoms with E-state index in [-0.39, 0.29) is 11.7 Å². The number of hydrogen-bond acceptors (Lipinski definition) is 4. The van der Waals surface area contributed by atoms with Crippen molar-refractivity contribution in [3.8, 4) is 5.75 Å². The summed E-state index contributed by atoms with van der Waals surface area (Å²) in [6.07, 6.45) is 3.40. The first-order chi connectivity index (χ1) is 13.0. The second-order valence-electron chi connectivity index (χ2n) is 6.28. The number of pyridine rings is 1. The number of fused-ring (bicyclic) bond motifs is 2. The largest absolute Gasteiger partial charge is 0.493 e. The lowest BCUT2D eigenvalue weighted by Gasteiger charge is -2.36. The number of carbonyl (C=O) groups excluding carboxylic acids is 1. The van der Waals surface area contributed by atoms with E-state index < -0.39 is 5.60 Å². The van der Waals surface area contributed by atoms with Crippen LogP contribution in [0, 0.1) is 5.82 Å². The van der Waals surface area contributed by atoms with Crippen LogP contribution in [0.4, 0.5) is 10.1 Å². The van der Waals surface area contributed by atoms with Gasteiger partial charge in [0.15, 0.2) is 5.60 Å². The average molecular weight is 387 g/mol. The van der Waals surface area contributed by atoms with Gasteiger partial charge in [0.25, 0.3) is 5.91 Å². The van der Waals surface area contributed by atoms with Gasteiger partial charge in [0.1, 0.15) is 11.6 Å². The van der Waals surface area contributed by atoms with Crippen molar-refractivity contribution in [2.24, 2.45) is 0 Å². The van der Waals surface area contributed by atoms with Crippen molar-refractivity contribution in [1.82, 2.24) is 4.98 Å². The second-order valence-corrected chi connectivity index (χ2v) is 6.71. The maximum absolute atomic E-state index is 13.5. The van der Waals surface area contributed by atoms with Crippen LogP contribution < -0.4 is 10.1 Å². The van der Waals surface area contributed by atoms with E-state index in [0.29, 0.717) is 45.8 Å². The van der Waals surface area contributed by atoms with Crippen LogP contribution in [0.3, 0.4) is 0 Å². The van der Waals surface area contributed by atoms with Crippen molar-refractivity contribution >= 4 is 34.0 Å². The van der Waals surface area contributed by atoms with E-state index in [1.165, 1.54) is 25.4 Å². The van der Waals surface area contributed by atoms with Crippen LogP contribution in [0.25, 0.3) is 10.8 Å². The van der Waals surface area contributed by atoms with E-state index >= 15 is 0 Å². The van der Waals surface area contributed by atoms with Gasteiger partial charge in [0, 0.05) is 41.1 Å². The molecule has 0 aliphatic carbocycles. The Morgan fingerprint density at radius 2 is 2.15 bits per heavy atom. The highest BCUT2D eigenvalue weighted by Gasteiger charge is 2.45. The van der Waals surface area contributed by atoms with Crippen molar-refractivity contribution < 1.29 is 18.7 Å². The molecule has 0 saturated carbocycles. The zero-order valence-electron chi connectivity index (χ0n) is 14.5. The van der Waals surface area contributed by atoms with Gasteiger partial charge in [-0.05, 0) is 36.4 Å². The number of nitrogens with zero attached hydrogens (tertiary/aromatic N) is 1. The number of hydrogen-bond donors (Lipinski definition) is 1. The Bertz CT molecular complexity index is 1040. The smallest absolute Gasteiger partial charge is 0.261 e. The lowest BCUT2D eigenvalue weighted by atomic mass is 9.86. The number of ether oxygens (including phenoxy) is 2. The summed E-state index contributed by atoms with van der Waals surface area (Å²) in [5.74, 6) is -0.176. The molecular weight excluding hydrogens is 371 g/mol. The van der Waals surface area contributed by atoms with E-state index in [1.807, 2.05) is 0 Å². The molecule has 7 heteroatoms. The number of methoxy groups -OCH3 is 1. The first-order valence-corrected chi connectivity index (χ1v) is 8.74. The number of carbonyl (C=O) groups is 1. The van der Waals surface area contributed by atoms with Gasteiger partial charge in [-0.15, -0.1) is 0 Å². The minimum atomic E-state index is -1.25. The number of aromatic nitrogens is 1. The quantitative estimate of drug-likeness (QED) is 0.729. The molecule has 1 N–H and O–H groups in total. The molecule has 3 aromatic rings. The van der Waals surface area contributed by atoms with Gasteiger partial charge in [0.2, 0.25) is 0 Å². The molecule has 1 aromatic heterocycles. The van der Waals surface area contributed by atoms with Gasteiger partial charge in [0.05, 0.1) is 18.5 Å². The molecule has 0 bridgehead atoms. The fourth-order valence-electron chi connectivity index (χ4n) is 3.39. The summed E-state index contributed by atoms with van der Waals surface area (Å²) in [6.45, 7) is 0.328. The molecule has 5 nitrogen and oxygen atoms in total. The summed E-state index contributed by atoms with van der Waals surface area (Å²) >= 11 is 6.13. The summed E-state index contributed by atoms with van der Waals surface area (Å²) in [5, 5.41) is 4.64. The fourth-order valence-corrected chi connectivity index (χ4v) is 3.57. The summed E-state index contributed by atoms with van der Waals surface area (Å²) in [5.41, 5.74) is -0.204. The summed E-state index contributed by atoms with van der Waals surface area (Å²) < 4.78 is 24.8. The molecule has 2 heterocycles. The summed E-state index contributed by atoms with van der Waals surface area (Å²) in [7, 11) is 1.48. The third-order valence-corrected chi connectivity index (χ3v) is 5.01. The minimum Gasteiger partial charge on any atom is -0.493 e. The van der Waals surface area contributed by atoms with Gasteiger partial charge in [-0.3, -0.25) is 9.78 Å². The minimum absolute atomic E-state index is 0.328. The lowest BCUT2D eigenvalue weighted by molar-refractivity contribution is -0.142. The first-order valence-electron chi connectivity index (χ1n) is 8.36. The van der Waals surface area contributed by atoms with Crippen LogP contribution in [0.15, 0.2) is 48.8 Å². The number of rotatable bonds is 3. The van der Waals surface area contributed by atoms with Crippen LogP contribution in [0.2, 0.25) is 5.02 Å². The van der Waals surface area contributed by atoms with E-state index in [1.54, 1.807) is 30.5 Å². The normalized spacial score (nSPS) is 18.6. The SMILES string of the molecule is COC1(C(=O)Nc2cncc3cc(F)ccc23)CCOc2ccc(Cl)cc21. The molecule has 1 aliphatic rings. The predicted molar refractivity (Wildman–Crippen MR) is 101 cm³/mol. The second kappa shape index (κ2) is 6.79. The van der Waals surface area contributed by atoms with Gasteiger partial charge < -0.3 is 14.8 Å². The van der Waals surface area contributed by atoms with Crippen LogP contribution in [-0.4, -0.2) is 24.6 Å². The molecule has 27 heavy (non-hydrogen) atoms. The lowest BCUT2D eigenvalue weighted by Crippen LogP contribution is -2.45. The highest BCUT2D eigenvalue weighted by atomic mass is 35.5. The fraction of sp³-hybridized carbons (Fsp3) is 0.200. The van der Waals surface area contributed by atoms with Crippen molar-refractivity contribution in [2.75, 3.05) is 19.0 Å². The standard InChI is InChI=1S/C20H16ClFN2O3/c1-26-20(6-7-27-18-5-2-13(21)9-16(18)20)19(25)24-17-11-23-10-12-8-14(22)3-4-15(12)17/h2-5,8-11H,6-7H2,1H3,(H,24,25). The van der Waals surface area contributed by atoms with Gasteiger partial charge in [-0.25, -0.2) is 4.39 Å². The maximum atomic E-state index is 13.5. The molecule has 138 valence electrons. The first kappa shape index (κ1) is 17.7. The zero-order chi connectivity index (χ0) is 19.0. The van der Waals surface area contributed by atoms with E-state index in [2.05, 4.69) is 10.3 Å². The van der Waals surface area contributed by atoms with Gasteiger partial charge >= 0.3 is 0 Å². The Morgan fingerprint density at radius 3 is 2.96 bits per heavy atom. The van der Waals surface area contributed by atoms with E-state index in [4.69, 9.17) is 21.1 Å². The van der Waals surface area contributed by atoms with Crippen molar-refractivity contribution in [3.05, 3.63) is 65.2 Å². The van der Waals surface area contributed by atoms with E-state index in [9.17, 15) is 9.18 Å². The Balaban J connectivity index is 1.76. The molecule has 1 unspecified atom stereocenters. The molecule has 0 spiro atoms. The molecule has 0 fully saturated rings. The predicted octanol–water partition coefficient (Wildman–Crippen LogP) is 4.29. The molecule has 0 radical (unpaired) electrons. The molecule has 1 aliphatic heterocycles. The Kier molecular flexibility index (Phi) is 4.45. The Morgan fingerprint density at radius 1 is 1.30 bits per heavy atom. The van der Waals surface area contributed by atoms with Crippen LogP contribution in [0.1, 0.15) is 12.0 Å². The number of amides is 1. The van der Waals surface area contributed by atoms with Gasteiger partial charge in [-0.1, -0.05) is 11.6 Å². The van der Waals surface area contributed by atoms with Crippen molar-refractivity contribution in [3.63, 3.8) is 0 Å². The van der Waals surface area contributed by atoms with E-state index in [0.717, 1.165) is 0 Å². The molecule has 4 rings (SSSR count). The summed E-state index contributed by atoms with van der Waals surface area (Å²) in [6, 6.07) is 9.42. The summed E-state index contributed by atoms with van der Waals surface area (Å²) in [4.78, 5) is 17.4. The Labute approximate surface area is 160 Å². The average Bonchev–Trinajstić information content (AvgIpc) is 2.67. The van der Waals surface area contributed by atoms with Crippen LogP contribution >= 0.6 is 11.6 Å². The highest BCUT2D eigenvalue weighted by molar-refractivity contribution is 6.30. The number of nitrogens with one attached hydrogen (secondary N) is 1. The van der Waals surface area contributed by atoms with Crippen molar-refractivity contribution in [2.45, 2.75) is 12.0 Å². The highest BCUT2D eigenvalue weighted by Crippen LogP contribution is 2.42. The third-order valence-electron chi connectivity index (χ3n) is 4.77. The molecule has 1 amide bonds. The number of anilines is 1. The zero-order valence-corrected chi connectivity index (χ0v) is 15.2. The molecule has 2 aromatic carbocycles. The topological polar surface area (TPSA) is 60.5 Å². The number of halogens is 2. The molecule has 0 saturated heterocycles. The molecule has 1 atom stereocenters. The van der Waals surface area contributed by atoms with Crippen LogP contribution in [-0.2, 0) is 15.1 Å². The monoisotopic (exact) mass is 386 g/mol. The maximum Gasteiger partial charge on any atom is 0.261 e. The van der Waals surface area contributed by atoms with Gasteiger partial charge in [-0.2, -0.15) is 0 Å². The Hall–Kier alpha value is -2.70. The van der Waals surface area contributed by atoms with Crippen molar-refractivity contribution in [1.29, 1.82) is 0 Å². The number of benzene rings is 2. The van der Waals surface area contributed by atoms with Crippen LogP contribution in [0.5, 0.6) is 5.75 Å². The third kappa shape index (κ3) is 3.01.